The Labute approximate surface area is 170 Å². The number of benzene rings is 2. The highest BCUT2D eigenvalue weighted by molar-refractivity contribution is 6.11. The van der Waals surface area contributed by atoms with Crippen LogP contribution in [-0.2, 0) is 4.79 Å². The first-order valence-electron chi connectivity index (χ1n) is 8.35. The van der Waals surface area contributed by atoms with Gasteiger partial charge in [0.2, 0.25) is 0 Å². The van der Waals surface area contributed by atoms with Crippen LogP contribution in [0.15, 0.2) is 48.5 Å². The predicted molar refractivity (Wildman–Crippen MR) is 103 cm³/mol. The van der Waals surface area contributed by atoms with Crippen LogP contribution in [0.5, 0.6) is 5.75 Å². The number of aromatic hydroxyl groups is 1. The van der Waals surface area contributed by atoms with E-state index in [9.17, 15) is 23.5 Å². The van der Waals surface area contributed by atoms with Crippen molar-refractivity contribution in [3.05, 3.63) is 65.2 Å². The van der Waals surface area contributed by atoms with Crippen molar-refractivity contribution in [3.8, 4) is 29.4 Å². The summed E-state index contributed by atoms with van der Waals surface area (Å²) in [5, 5.41) is 27.4. The Morgan fingerprint density at radius 1 is 1.00 bits per heavy atom. The SMILES string of the molecule is N=C(C(F)F)[C@H](NC(=O)c1ccc(C#CC#Cc2ccccc2O)cc1)C(=O)NO. The van der Waals surface area contributed by atoms with Crippen molar-refractivity contribution < 1.29 is 28.7 Å². The van der Waals surface area contributed by atoms with Gasteiger partial charge >= 0.3 is 0 Å². The van der Waals surface area contributed by atoms with Crippen LogP contribution in [0.3, 0.4) is 0 Å². The van der Waals surface area contributed by atoms with Gasteiger partial charge in [0, 0.05) is 11.1 Å². The summed E-state index contributed by atoms with van der Waals surface area (Å²) < 4.78 is 25.4. The standard InChI is InChI=1S/C21H15F2N3O4/c22-19(23)17(24)18(21(29)26-30)25-20(28)15-11-9-13(10-12-15)5-1-2-6-14-7-3-4-8-16(14)27/h3-4,7-12,18-19,24,27,30H,(H,25,28)(H,26,29)/t18-/m0/s1. The number of phenols is 1. The second-order valence-corrected chi connectivity index (χ2v) is 5.73. The van der Waals surface area contributed by atoms with E-state index < -0.39 is 30.0 Å². The topological polar surface area (TPSA) is 123 Å². The van der Waals surface area contributed by atoms with E-state index in [0.29, 0.717) is 11.1 Å². The number of amides is 2. The van der Waals surface area contributed by atoms with Gasteiger partial charge in [0.25, 0.3) is 18.2 Å². The first-order valence-corrected chi connectivity index (χ1v) is 8.35. The van der Waals surface area contributed by atoms with Crippen LogP contribution in [0.25, 0.3) is 0 Å². The number of halogens is 2. The van der Waals surface area contributed by atoms with E-state index in [1.54, 1.807) is 18.2 Å². The van der Waals surface area contributed by atoms with Crippen LogP contribution >= 0.6 is 0 Å². The van der Waals surface area contributed by atoms with Gasteiger partial charge in [-0.25, -0.2) is 14.3 Å². The molecule has 7 nitrogen and oxygen atoms in total. The second kappa shape index (κ2) is 10.4. The number of phenolic OH excluding ortho intramolecular Hbond substituents is 1. The highest BCUT2D eigenvalue weighted by Gasteiger charge is 2.30. The van der Waals surface area contributed by atoms with Crippen molar-refractivity contribution in [2.75, 3.05) is 0 Å². The molecular weight excluding hydrogens is 396 g/mol. The minimum absolute atomic E-state index is 0.0265. The molecule has 2 aromatic carbocycles. The Bertz CT molecular complexity index is 1080. The molecule has 0 radical (unpaired) electrons. The highest BCUT2D eigenvalue weighted by Crippen LogP contribution is 2.13. The molecule has 0 unspecified atom stereocenters. The molecular formula is C21H15F2N3O4. The Morgan fingerprint density at radius 3 is 2.23 bits per heavy atom. The van der Waals surface area contributed by atoms with Gasteiger partial charge in [0.15, 0.2) is 6.04 Å². The molecule has 0 aliphatic carbocycles. The summed E-state index contributed by atoms with van der Waals surface area (Å²) in [5.74, 6) is 8.38. The van der Waals surface area contributed by atoms with Crippen molar-refractivity contribution in [3.63, 3.8) is 0 Å². The van der Waals surface area contributed by atoms with Crippen molar-refractivity contribution in [2.24, 2.45) is 0 Å². The molecule has 0 saturated heterocycles. The van der Waals surface area contributed by atoms with Gasteiger partial charge in [0.1, 0.15) is 11.5 Å². The van der Waals surface area contributed by atoms with E-state index in [1.165, 1.54) is 30.3 Å². The summed E-state index contributed by atoms with van der Waals surface area (Å²) in [6.07, 6.45) is -3.29. The maximum atomic E-state index is 12.7. The fourth-order valence-corrected chi connectivity index (χ4v) is 2.18. The number of hydrogen-bond donors (Lipinski definition) is 5. The van der Waals surface area contributed by atoms with Gasteiger partial charge in [-0.3, -0.25) is 14.8 Å². The third-order valence-corrected chi connectivity index (χ3v) is 3.71. The third kappa shape index (κ3) is 5.89. The number of hydroxylamine groups is 1. The van der Waals surface area contributed by atoms with Crippen LogP contribution in [-0.4, -0.2) is 40.3 Å². The number of para-hydroxylation sites is 1. The Morgan fingerprint density at radius 2 is 1.63 bits per heavy atom. The Hall–Kier alpha value is -4.21. The van der Waals surface area contributed by atoms with Gasteiger partial charge in [0.05, 0.1) is 5.56 Å². The quantitative estimate of drug-likeness (QED) is 0.222. The summed E-state index contributed by atoms with van der Waals surface area (Å²) in [6.45, 7) is 0. The summed E-state index contributed by atoms with van der Waals surface area (Å²) in [7, 11) is 0. The molecule has 2 aromatic rings. The third-order valence-electron chi connectivity index (χ3n) is 3.71. The maximum absolute atomic E-state index is 12.7. The van der Waals surface area contributed by atoms with Crippen molar-refractivity contribution in [2.45, 2.75) is 12.5 Å². The van der Waals surface area contributed by atoms with E-state index in [-0.39, 0.29) is 11.3 Å². The van der Waals surface area contributed by atoms with Crippen molar-refractivity contribution in [1.29, 1.82) is 5.41 Å². The Kier molecular flexibility index (Phi) is 7.63. The number of nitrogens with one attached hydrogen (secondary N) is 3. The molecule has 0 aliphatic heterocycles. The molecule has 9 heteroatoms. The first kappa shape index (κ1) is 22.1. The summed E-state index contributed by atoms with van der Waals surface area (Å²) in [5.41, 5.74) is 0.730. The molecule has 1 atom stereocenters. The lowest BCUT2D eigenvalue weighted by Crippen LogP contribution is -2.52. The minimum atomic E-state index is -3.29. The van der Waals surface area contributed by atoms with Crippen molar-refractivity contribution >= 4 is 17.5 Å². The van der Waals surface area contributed by atoms with Gasteiger partial charge in [-0.15, -0.1) is 0 Å². The molecule has 2 amide bonds. The minimum Gasteiger partial charge on any atom is -0.507 e. The van der Waals surface area contributed by atoms with E-state index in [1.807, 2.05) is 5.32 Å². The number of carbonyl (C=O) groups is 2. The first-order chi connectivity index (χ1) is 14.3. The van der Waals surface area contributed by atoms with Crippen LogP contribution < -0.4 is 10.8 Å². The molecule has 152 valence electrons. The lowest BCUT2D eigenvalue weighted by atomic mass is 10.1. The van der Waals surface area contributed by atoms with Crippen LogP contribution in [0.1, 0.15) is 21.5 Å². The number of hydrogen-bond acceptors (Lipinski definition) is 5. The molecule has 30 heavy (non-hydrogen) atoms. The molecule has 0 aromatic heterocycles. The zero-order valence-corrected chi connectivity index (χ0v) is 15.2. The average molecular weight is 411 g/mol. The van der Waals surface area contributed by atoms with Gasteiger partial charge in [-0.2, -0.15) is 0 Å². The average Bonchev–Trinajstić information content (AvgIpc) is 2.75. The fraction of sp³-hybridized carbons (Fsp3) is 0.0952. The van der Waals surface area contributed by atoms with Gasteiger partial charge in [-0.05, 0) is 54.2 Å². The smallest absolute Gasteiger partial charge is 0.278 e. The number of alkyl halides is 2. The molecule has 5 N–H and O–H groups in total. The van der Waals surface area contributed by atoms with Gasteiger partial charge < -0.3 is 15.8 Å². The van der Waals surface area contributed by atoms with E-state index in [4.69, 9.17) is 10.6 Å². The fourth-order valence-electron chi connectivity index (χ4n) is 2.18. The van der Waals surface area contributed by atoms with E-state index >= 15 is 0 Å². The summed E-state index contributed by atoms with van der Waals surface area (Å²) >= 11 is 0. The van der Waals surface area contributed by atoms with Crippen molar-refractivity contribution in [1.82, 2.24) is 10.8 Å². The summed E-state index contributed by atoms with van der Waals surface area (Å²) in [6, 6.07) is 10.1. The lowest BCUT2D eigenvalue weighted by molar-refractivity contribution is -0.129. The molecule has 0 heterocycles. The molecule has 0 bridgehead atoms. The second-order valence-electron chi connectivity index (χ2n) is 5.73. The molecule has 0 saturated carbocycles. The van der Waals surface area contributed by atoms with Crippen LogP contribution in [0, 0.1) is 29.1 Å². The zero-order chi connectivity index (χ0) is 22.1. The summed E-state index contributed by atoms with van der Waals surface area (Å²) in [4.78, 5) is 23.6. The normalized spacial score (nSPS) is 10.7. The lowest BCUT2D eigenvalue weighted by Gasteiger charge is -2.17. The molecule has 0 fully saturated rings. The number of carbonyl (C=O) groups excluding carboxylic acids is 2. The predicted octanol–water partition coefficient (Wildman–Crippen LogP) is 1.68. The molecule has 0 spiro atoms. The van der Waals surface area contributed by atoms with Crippen LogP contribution in [0.2, 0.25) is 0 Å². The molecule has 0 aliphatic rings. The molecule has 2 rings (SSSR count). The van der Waals surface area contributed by atoms with E-state index in [2.05, 4.69) is 23.7 Å². The zero-order valence-electron chi connectivity index (χ0n) is 15.2. The monoisotopic (exact) mass is 411 g/mol. The largest absolute Gasteiger partial charge is 0.507 e. The Balaban J connectivity index is 2.09. The highest BCUT2D eigenvalue weighted by atomic mass is 19.3. The van der Waals surface area contributed by atoms with E-state index in [0.717, 1.165) is 5.48 Å². The van der Waals surface area contributed by atoms with Crippen LogP contribution in [0.4, 0.5) is 8.78 Å². The maximum Gasteiger partial charge on any atom is 0.278 e. The van der Waals surface area contributed by atoms with Gasteiger partial charge in [-0.1, -0.05) is 18.1 Å². The number of rotatable bonds is 5.